The maximum Gasteiger partial charge on any atom is 0.261 e. The molecule has 2 aromatic carbocycles. The Morgan fingerprint density at radius 2 is 1.92 bits per heavy atom. The van der Waals surface area contributed by atoms with E-state index in [1.807, 2.05) is 6.07 Å². The molecule has 0 aliphatic rings. The van der Waals surface area contributed by atoms with Gasteiger partial charge in [-0.25, -0.2) is 0 Å². The first-order chi connectivity index (χ1) is 12.5. The molecule has 138 valence electrons. The Balaban J connectivity index is 2.00. The van der Waals surface area contributed by atoms with Crippen LogP contribution in [0.4, 0.5) is 5.69 Å². The highest BCUT2D eigenvalue weighted by atomic mass is 35.5. The molecule has 0 aromatic heterocycles. The molecule has 0 bridgehead atoms. The summed E-state index contributed by atoms with van der Waals surface area (Å²) in [6.07, 6.45) is 3.14. The lowest BCUT2D eigenvalue weighted by molar-refractivity contribution is 0.0973. The predicted molar refractivity (Wildman–Crippen MR) is 112 cm³/mol. The van der Waals surface area contributed by atoms with E-state index in [1.165, 1.54) is 0 Å². The van der Waals surface area contributed by atoms with Crippen LogP contribution in [0.5, 0.6) is 5.75 Å². The summed E-state index contributed by atoms with van der Waals surface area (Å²) in [6, 6.07) is 12.0. The van der Waals surface area contributed by atoms with Crippen molar-refractivity contribution >= 4 is 52.1 Å². The number of para-hydroxylation sites is 1. The first-order valence-corrected chi connectivity index (χ1v) is 9.47. The summed E-state index contributed by atoms with van der Waals surface area (Å²) in [5, 5.41) is 6.59. The third kappa shape index (κ3) is 6.16. The predicted octanol–water partition coefficient (Wildman–Crippen LogP) is 5.69. The van der Waals surface area contributed by atoms with Crippen molar-refractivity contribution in [2.45, 2.75) is 26.2 Å². The Kier molecular flexibility index (Phi) is 8.16. The third-order valence-electron chi connectivity index (χ3n) is 3.54. The van der Waals surface area contributed by atoms with Gasteiger partial charge in [0, 0.05) is 5.02 Å². The minimum atomic E-state index is -0.355. The van der Waals surface area contributed by atoms with Gasteiger partial charge in [-0.2, -0.15) is 0 Å². The number of amides is 1. The van der Waals surface area contributed by atoms with Gasteiger partial charge in [-0.1, -0.05) is 55.1 Å². The number of anilines is 1. The van der Waals surface area contributed by atoms with E-state index in [9.17, 15) is 4.79 Å². The fourth-order valence-electron chi connectivity index (χ4n) is 2.23. The van der Waals surface area contributed by atoms with Crippen molar-refractivity contribution in [2.75, 3.05) is 11.9 Å². The second-order valence-electron chi connectivity index (χ2n) is 5.58. The molecule has 0 radical (unpaired) electrons. The highest BCUT2D eigenvalue weighted by molar-refractivity contribution is 7.80. The number of unbranched alkanes of at least 4 members (excludes halogenated alkanes) is 2. The van der Waals surface area contributed by atoms with Gasteiger partial charge in [0.25, 0.3) is 5.91 Å². The van der Waals surface area contributed by atoms with Gasteiger partial charge in [0.2, 0.25) is 0 Å². The van der Waals surface area contributed by atoms with Crippen LogP contribution in [-0.4, -0.2) is 17.6 Å². The number of hydrogen-bond acceptors (Lipinski definition) is 3. The van der Waals surface area contributed by atoms with Gasteiger partial charge in [0.05, 0.1) is 22.9 Å². The summed E-state index contributed by atoms with van der Waals surface area (Å²) in [5.41, 5.74) is 0.943. The zero-order valence-corrected chi connectivity index (χ0v) is 16.7. The standard InChI is InChI=1S/C19H20Cl2N2O2S/c1-2-3-6-11-25-17-8-5-4-7-14(17)18(24)23-19(26)22-16-12-13(20)9-10-15(16)21/h4-5,7-10,12H,2-3,6,11H2,1H3,(H2,22,23,24,26). The molecule has 0 atom stereocenters. The van der Waals surface area contributed by atoms with Crippen LogP contribution in [-0.2, 0) is 0 Å². The number of nitrogens with one attached hydrogen (secondary N) is 2. The van der Waals surface area contributed by atoms with E-state index in [-0.39, 0.29) is 11.0 Å². The maximum absolute atomic E-state index is 12.5. The fourth-order valence-corrected chi connectivity index (χ4v) is 2.77. The van der Waals surface area contributed by atoms with Gasteiger partial charge < -0.3 is 10.1 Å². The van der Waals surface area contributed by atoms with Gasteiger partial charge in [-0.15, -0.1) is 0 Å². The Labute approximate surface area is 168 Å². The monoisotopic (exact) mass is 410 g/mol. The zero-order valence-electron chi connectivity index (χ0n) is 14.4. The first-order valence-electron chi connectivity index (χ1n) is 8.30. The number of hydrogen-bond donors (Lipinski definition) is 2. The van der Waals surface area contributed by atoms with E-state index in [4.69, 9.17) is 40.2 Å². The molecule has 0 saturated carbocycles. The summed E-state index contributed by atoms with van der Waals surface area (Å²) in [5.74, 6) is 0.177. The lowest BCUT2D eigenvalue weighted by atomic mass is 10.2. The van der Waals surface area contributed by atoms with E-state index in [2.05, 4.69) is 17.6 Å². The van der Waals surface area contributed by atoms with Gasteiger partial charge in [0.1, 0.15) is 5.75 Å². The molecule has 4 nitrogen and oxygen atoms in total. The largest absolute Gasteiger partial charge is 0.493 e. The van der Waals surface area contributed by atoms with Gasteiger partial charge in [0.15, 0.2) is 5.11 Å². The SMILES string of the molecule is CCCCCOc1ccccc1C(=O)NC(=S)Nc1cc(Cl)ccc1Cl. The maximum atomic E-state index is 12.5. The second-order valence-corrected chi connectivity index (χ2v) is 6.84. The van der Waals surface area contributed by atoms with Crippen LogP contribution < -0.4 is 15.4 Å². The van der Waals surface area contributed by atoms with Crippen LogP contribution in [0.15, 0.2) is 42.5 Å². The average molecular weight is 411 g/mol. The smallest absolute Gasteiger partial charge is 0.261 e. The van der Waals surface area contributed by atoms with Gasteiger partial charge >= 0.3 is 0 Å². The Morgan fingerprint density at radius 1 is 1.15 bits per heavy atom. The number of thiocarbonyl (C=S) groups is 1. The lowest BCUT2D eigenvalue weighted by Gasteiger charge is -2.13. The van der Waals surface area contributed by atoms with E-state index in [0.717, 1.165) is 19.3 Å². The summed E-state index contributed by atoms with van der Waals surface area (Å²) in [7, 11) is 0. The quantitative estimate of drug-likeness (QED) is 0.454. The van der Waals surface area contributed by atoms with Crippen molar-refractivity contribution in [3.8, 4) is 5.75 Å². The number of benzene rings is 2. The van der Waals surface area contributed by atoms with Gasteiger partial charge in [-0.3, -0.25) is 10.1 Å². The van der Waals surface area contributed by atoms with Crippen molar-refractivity contribution in [2.24, 2.45) is 0 Å². The van der Waals surface area contributed by atoms with Crippen LogP contribution in [0.1, 0.15) is 36.5 Å². The average Bonchev–Trinajstić information content (AvgIpc) is 2.62. The molecule has 0 saturated heterocycles. The topological polar surface area (TPSA) is 50.4 Å². The Morgan fingerprint density at radius 3 is 2.69 bits per heavy atom. The normalized spacial score (nSPS) is 10.3. The number of ether oxygens (including phenoxy) is 1. The molecule has 1 amide bonds. The summed E-state index contributed by atoms with van der Waals surface area (Å²) < 4.78 is 5.73. The van der Waals surface area contributed by atoms with E-state index in [1.54, 1.807) is 36.4 Å². The van der Waals surface area contributed by atoms with Crippen LogP contribution in [0, 0.1) is 0 Å². The molecule has 0 heterocycles. The summed E-state index contributed by atoms with van der Waals surface area (Å²) >= 11 is 17.2. The molecule has 0 aliphatic carbocycles. The zero-order chi connectivity index (χ0) is 18.9. The fraction of sp³-hybridized carbons (Fsp3) is 0.263. The number of halogens is 2. The van der Waals surface area contributed by atoms with Crippen LogP contribution >= 0.6 is 35.4 Å². The van der Waals surface area contributed by atoms with Crippen molar-refractivity contribution in [3.05, 3.63) is 58.1 Å². The number of carbonyl (C=O) groups is 1. The van der Waals surface area contributed by atoms with E-state index < -0.39 is 0 Å². The van der Waals surface area contributed by atoms with Crippen LogP contribution in [0.2, 0.25) is 10.0 Å². The van der Waals surface area contributed by atoms with E-state index in [0.29, 0.717) is 33.7 Å². The summed E-state index contributed by atoms with van der Waals surface area (Å²) in [6.45, 7) is 2.69. The summed E-state index contributed by atoms with van der Waals surface area (Å²) in [4.78, 5) is 12.5. The highest BCUT2D eigenvalue weighted by Crippen LogP contribution is 2.25. The van der Waals surface area contributed by atoms with Gasteiger partial charge in [-0.05, 0) is 49.0 Å². The highest BCUT2D eigenvalue weighted by Gasteiger charge is 2.14. The lowest BCUT2D eigenvalue weighted by Crippen LogP contribution is -2.34. The Hall–Kier alpha value is -1.82. The van der Waals surface area contributed by atoms with Crippen molar-refractivity contribution < 1.29 is 9.53 Å². The molecule has 2 N–H and O–H groups in total. The third-order valence-corrected chi connectivity index (χ3v) is 4.31. The van der Waals surface area contributed by atoms with Crippen molar-refractivity contribution in [1.82, 2.24) is 5.32 Å². The second kappa shape index (κ2) is 10.4. The van der Waals surface area contributed by atoms with Crippen LogP contribution in [0.3, 0.4) is 0 Å². The number of carbonyl (C=O) groups excluding carboxylic acids is 1. The molecule has 0 fully saturated rings. The minimum absolute atomic E-state index is 0.125. The first kappa shape index (κ1) is 20.5. The van der Waals surface area contributed by atoms with Crippen molar-refractivity contribution in [1.29, 1.82) is 0 Å². The molecule has 0 unspecified atom stereocenters. The number of rotatable bonds is 7. The molecule has 2 aromatic rings. The minimum Gasteiger partial charge on any atom is -0.493 e. The Bertz CT molecular complexity index is 784. The van der Waals surface area contributed by atoms with E-state index >= 15 is 0 Å². The van der Waals surface area contributed by atoms with Crippen LogP contribution in [0.25, 0.3) is 0 Å². The molecular formula is C19H20Cl2N2O2S. The molecule has 26 heavy (non-hydrogen) atoms. The molecule has 0 spiro atoms. The molecular weight excluding hydrogens is 391 g/mol. The molecule has 7 heteroatoms. The molecule has 0 aliphatic heterocycles. The molecule has 2 rings (SSSR count). The van der Waals surface area contributed by atoms with Crippen molar-refractivity contribution in [3.63, 3.8) is 0 Å².